The molecule has 252 valence electrons. The van der Waals surface area contributed by atoms with Crippen LogP contribution >= 0.6 is 0 Å². The molecule has 2 aliphatic heterocycles. The fourth-order valence-electron chi connectivity index (χ4n) is 6.71. The maximum absolute atomic E-state index is 12.3. The smallest absolute Gasteiger partial charge is 0.305 e. The Morgan fingerprint density at radius 3 is 1.47 bits per heavy atom. The minimum Gasteiger partial charge on any atom is -0.508 e. The Morgan fingerprint density at radius 1 is 0.633 bits per heavy atom. The van der Waals surface area contributed by atoms with Crippen LogP contribution in [-0.4, -0.2) is 51.2 Å². The second kappa shape index (κ2) is 13.2. The highest BCUT2D eigenvalue weighted by Crippen LogP contribution is 2.42. The van der Waals surface area contributed by atoms with Crippen molar-refractivity contribution < 1.29 is 24.2 Å². The zero-order chi connectivity index (χ0) is 35.1. The summed E-state index contributed by atoms with van der Waals surface area (Å²) in [5.74, 6) is -0.369. The van der Waals surface area contributed by atoms with E-state index in [0.29, 0.717) is 12.8 Å². The van der Waals surface area contributed by atoms with Gasteiger partial charge in [-0.3, -0.25) is 9.59 Å². The third-order valence-electron chi connectivity index (χ3n) is 10.1. The summed E-state index contributed by atoms with van der Waals surface area (Å²) in [5, 5.41) is 10.2. The second-order valence-electron chi connectivity index (χ2n) is 12.8. The van der Waals surface area contributed by atoms with Crippen LogP contribution in [0.5, 0.6) is 5.75 Å². The molecule has 6 rings (SSSR count). The number of fused-ring (bicyclic) bond motifs is 8. The molecular formula is C40H42N4O5. The topological polar surface area (TPSA) is 130 Å². The van der Waals surface area contributed by atoms with Gasteiger partial charge in [0.05, 0.1) is 37.0 Å². The van der Waals surface area contributed by atoms with Gasteiger partial charge in [0.25, 0.3) is 0 Å². The maximum Gasteiger partial charge on any atom is 0.305 e. The lowest BCUT2D eigenvalue weighted by molar-refractivity contribution is -0.141. The van der Waals surface area contributed by atoms with Gasteiger partial charge in [0, 0.05) is 40.5 Å². The molecule has 49 heavy (non-hydrogen) atoms. The van der Waals surface area contributed by atoms with Crippen LogP contribution < -0.4 is 0 Å². The van der Waals surface area contributed by atoms with Crippen molar-refractivity contribution in [3.63, 3.8) is 0 Å². The van der Waals surface area contributed by atoms with E-state index in [4.69, 9.17) is 19.4 Å². The number of aryl methyl sites for hydroxylation is 4. The van der Waals surface area contributed by atoms with E-state index in [-0.39, 0.29) is 30.5 Å². The van der Waals surface area contributed by atoms with Crippen LogP contribution in [0.15, 0.2) is 42.5 Å². The Labute approximate surface area is 285 Å². The molecule has 3 N–H and O–H groups in total. The predicted octanol–water partition coefficient (Wildman–Crippen LogP) is 8.42. The molecule has 2 aliphatic rings. The number of carbonyl (C=O) groups is 2. The zero-order valence-corrected chi connectivity index (χ0v) is 29.3. The normalized spacial score (nSPS) is 12.9. The standard InChI is InChI=1S/C40H42N4O5/c1-20-22(3)39-38(26-9-11-27(45)12-10-26)40-23(4)21(2)31(44-40)18-33-25(6)29(14-16-37(47)49-8)35(42-33)19-34-28(13-15-36(46)48-7)24(5)32(41-34)17-30(20)43-39/h9-12,17-19,41-42,45H,13-16H2,1-8H3. The average molecular weight is 659 g/mol. The maximum atomic E-state index is 12.3. The monoisotopic (exact) mass is 658 g/mol. The lowest BCUT2D eigenvalue weighted by Crippen LogP contribution is -2.02. The van der Waals surface area contributed by atoms with E-state index in [1.54, 1.807) is 12.1 Å². The first-order valence-electron chi connectivity index (χ1n) is 16.5. The number of H-pyrrole nitrogens is 2. The van der Waals surface area contributed by atoms with Gasteiger partial charge >= 0.3 is 11.9 Å². The summed E-state index contributed by atoms with van der Waals surface area (Å²) in [5.41, 5.74) is 16.9. The van der Waals surface area contributed by atoms with Gasteiger partial charge in [-0.25, -0.2) is 9.97 Å². The van der Waals surface area contributed by atoms with E-state index >= 15 is 0 Å². The largest absolute Gasteiger partial charge is 0.508 e. The summed E-state index contributed by atoms with van der Waals surface area (Å²) >= 11 is 0. The molecular weight excluding hydrogens is 616 g/mol. The first kappa shape index (κ1) is 33.5. The SMILES string of the molecule is COC(=O)CCc1c(C)c2cc3nc(c(-c4ccc(O)cc4)c4nc(cc5[nH]c(cc1[nH]2)c(CCC(=O)OC)c5C)C(C)=C4C)C(C)=C3C. The molecule has 1 aromatic carbocycles. The van der Waals surface area contributed by atoms with Crippen LogP contribution in [0.3, 0.4) is 0 Å². The Kier molecular flexibility index (Phi) is 9.03. The van der Waals surface area contributed by atoms with Crippen molar-refractivity contribution in [1.82, 2.24) is 19.9 Å². The molecule has 0 radical (unpaired) electrons. The van der Waals surface area contributed by atoms with Crippen LogP contribution in [0.2, 0.25) is 0 Å². The van der Waals surface area contributed by atoms with Gasteiger partial charge in [-0.05, 0) is 135 Å². The van der Waals surface area contributed by atoms with E-state index < -0.39 is 0 Å². The van der Waals surface area contributed by atoms with Crippen LogP contribution in [0, 0.1) is 13.8 Å². The second-order valence-corrected chi connectivity index (χ2v) is 12.8. The number of aromatic amines is 2. The summed E-state index contributed by atoms with van der Waals surface area (Å²) < 4.78 is 9.96. The summed E-state index contributed by atoms with van der Waals surface area (Å²) in [7, 11) is 2.80. The van der Waals surface area contributed by atoms with Gasteiger partial charge in [-0.2, -0.15) is 0 Å². The number of esters is 2. The fourth-order valence-corrected chi connectivity index (χ4v) is 6.71. The first-order valence-corrected chi connectivity index (χ1v) is 16.5. The molecule has 3 aromatic heterocycles. The predicted molar refractivity (Wildman–Crippen MR) is 195 cm³/mol. The number of phenolic OH excluding ortho intramolecular Hbond substituents is 1. The summed E-state index contributed by atoms with van der Waals surface area (Å²) in [6.45, 7) is 12.4. The van der Waals surface area contributed by atoms with Gasteiger partial charge < -0.3 is 24.5 Å². The third-order valence-corrected chi connectivity index (χ3v) is 10.1. The van der Waals surface area contributed by atoms with E-state index in [1.165, 1.54) is 14.2 Å². The number of rotatable bonds is 7. The minimum atomic E-state index is -0.278. The molecule has 8 bridgehead atoms. The molecule has 0 amide bonds. The molecule has 9 nitrogen and oxygen atoms in total. The molecule has 0 fully saturated rings. The van der Waals surface area contributed by atoms with Crippen molar-refractivity contribution in [2.45, 2.75) is 67.2 Å². The summed E-state index contributed by atoms with van der Waals surface area (Å²) in [6, 6.07) is 13.4. The number of aromatic hydroxyl groups is 1. The molecule has 0 unspecified atom stereocenters. The van der Waals surface area contributed by atoms with Crippen LogP contribution in [-0.2, 0) is 31.9 Å². The van der Waals surface area contributed by atoms with Crippen molar-refractivity contribution in [3.05, 3.63) is 87.5 Å². The highest BCUT2D eigenvalue weighted by molar-refractivity contribution is 6.01. The Balaban J connectivity index is 1.78. The molecule has 0 saturated carbocycles. The number of allylic oxidation sites excluding steroid dienone is 4. The number of methoxy groups -OCH3 is 2. The molecule has 0 atom stereocenters. The molecule has 4 aromatic rings. The number of benzene rings is 1. The van der Waals surface area contributed by atoms with Crippen molar-refractivity contribution >= 4 is 56.3 Å². The number of aromatic nitrogens is 4. The van der Waals surface area contributed by atoms with Gasteiger partial charge in [-0.1, -0.05) is 12.1 Å². The van der Waals surface area contributed by atoms with Gasteiger partial charge in [-0.15, -0.1) is 0 Å². The van der Waals surface area contributed by atoms with Crippen molar-refractivity contribution in [3.8, 4) is 16.9 Å². The Morgan fingerprint density at radius 2 is 1.06 bits per heavy atom. The Hall–Kier alpha value is -5.44. The van der Waals surface area contributed by atoms with Gasteiger partial charge in [0.1, 0.15) is 5.75 Å². The fraction of sp³-hybridized carbons (Fsp3) is 0.300. The van der Waals surface area contributed by atoms with E-state index in [9.17, 15) is 14.7 Å². The summed E-state index contributed by atoms with van der Waals surface area (Å²) in [4.78, 5) is 42.3. The van der Waals surface area contributed by atoms with Crippen LogP contribution in [0.25, 0.3) is 55.5 Å². The van der Waals surface area contributed by atoms with Crippen molar-refractivity contribution in [2.75, 3.05) is 14.2 Å². The number of nitrogens with zero attached hydrogens (tertiary/aromatic N) is 2. The van der Waals surface area contributed by atoms with E-state index in [1.807, 2.05) is 12.1 Å². The lowest BCUT2D eigenvalue weighted by atomic mass is 9.94. The molecule has 0 saturated heterocycles. The summed E-state index contributed by atoms with van der Waals surface area (Å²) in [6.07, 6.45) is 1.44. The average Bonchev–Trinajstić information content (AvgIpc) is 3.74. The first-order chi connectivity index (χ1) is 23.4. The quantitative estimate of drug-likeness (QED) is 0.170. The van der Waals surface area contributed by atoms with Crippen molar-refractivity contribution in [2.24, 2.45) is 0 Å². The molecule has 5 heterocycles. The third kappa shape index (κ3) is 6.17. The Bertz CT molecular complexity index is 2120. The molecule has 0 aliphatic carbocycles. The number of hydrogen-bond donors (Lipinski definition) is 3. The molecule has 0 spiro atoms. The zero-order valence-electron chi connectivity index (χ0n) is 29.3. The highest BCUT2D eigenvalue weighted by Gasteiger charge is 2.25. The van der Waals surface area contributed by atoms with Crippen LogP contribution in [0.1, 0.15) is 85.6 Å². The number of hydrogen-bond acceptors (Lipinski definition) is 7. The number of carbonyl (C=O) groups excluding carboxylic acids is 2. The van der Waals surface area contributed by atoms with E-state index in [2.05, 4.69) is 69.7 Å². The van der Waals surface area contributed by atoms with Gasteiger partial charge in [0.15, 0.2) is 0 Å². The highest BCUT2D eigenvalue weighted by atomic mass is 16.5. The van der Waals surface area contributed by atoms with Gasteiger partial charge in [0.2, 0.25) is 0 Å². The lowest BCUT2D eigenvalue weighted by Gasteiger charge is -2.10. The minimum absolute atomic E-state index is 0.186. The molecule has 9 heteroatoms. The number of nitrogens with one attached hydrogen (secondary N) is 2. The van der Waals surface area contributed by atoms with E-state index in [0.717, 1.165) is 101 Å². The van der Waals surface area contributed by atoms with Crippen molar-refractivity contribution in [1.29, 1.82) is 0 Å². The van der Waals surface area contributed by atoms with Crippen LogP contribution in [0.4, 0.5) is 0 Å². The number of phenols is 1. The number of ether oxygens (including phenoxy) is 2.